The molecule has 0 atom stereocenters. The maximum absolute atomic E-state index is 13.0. The average molecular weight is 269 g/mol. The van der Waals surface area contributed by atoms with Crippen molar-refractivity contribution in [1.29, 1.82) is 0 Å². The van der Waals surface area contributed by atoms with Gasteiger partial charge in [0.2, 0.25) is 0 Å². The molecule has 0 amide bonds. The highest BCUT2D eigenvalue weighted by atomic mass is 32.2. The van der Waals surface area contributed by atoms with Crippen LogP contribution in [0.15, 0.2) is 18.2 Å². The first-order chi connectivity index (χ1) is 7.92. The first-order valence-corrected chi connectivity index (χ1v) is 5.69. The standard InChI is InChI=1S/C10H11F4NOS/c1-16-9-6-7(2-3-8(9)11)15-4-5-17-10(12,13)14/h2-3,6,15H,4-5H2,1H3. The first-order valence-electron chi connectivity index (χ1n) is 4.70. The summed E-state index contributed by atoms with van der Waals surface area (Å²) in [5.74, 6) is -0.565. The summed E-state index contributed by atoms with van der Waals surface area (Å²) in [6.45, 7) is 0.138. The summed E-state index contributed by atoms with van der Waals surface area (Å²) in [5, 5.41) is 2.75. The zero-order chi connectivity index (χ0) is 12.9. The monoisotopic (exact) mass is 269 g/mol. The Balaban J connectivity index is 2.42. The maximum atomic E-state index is 13.0. The molecule has 1 aromatic carbocycles. The molecule has 0 aromatic heterocycles. The van der Waals surface area contributed by atoms with Gasteiger partial charge in [-0.25, -0.2) is 4.39 Å². The van der Waals surface area contributed by atoms with Crippen molar-refractivity contribution in [2.45, 2.75) is 5.51 Å². The molecule has 1 rings (SSSR count). The summed E-state index contributed by atoms with van der Waals surface area (Å²) in [6.07, 6.45) is 0. The van der Waals surface area contributed by atoms with Gasteiger partial charge in [-0.05, 0) is 23.9 Å². The molecule has 96 valence electrons. The Morgan fingerprint density at radius 1 is 1.35 bits per heavy atom. The quantitative estimate of drug-likeness (QED) is 0.653. The zero-order valence-electron chi connectivity index (χ0n) is 8.97. The molecule has 0 radical (unpaired) electrons. The number of alkyl halides is 3. The first kappa shape index (κ1) is 14.0. The van der Waals surface area contributed by atoms with Gasteiger partial charge in [-0.15, -0.1) is 0 Å². The van der Waals surface area contributed by atoms with E-state index >= 15 is 0 Å². The van der Waals surface area contributed by atoms with Gasteiger partial charge >= 0.3 is 5.51 Å². The summed E-state index contributed by atoms with van der Waals surface area (Å²) < 4.78 is 53.2. The molecule has 0 fully saturated rings. The molecule has 0 aliphatic rings. The summed E-state index contributed by atoms with van der Waals surface area (Å²) in [6, 6.07) is 4.03. The van der Waals surface area contributed by atoms with Gasteiger partial charge in [-0.1, -0.05) is 0 Å². The molecule has 2 nitrogen and oxygen atoms in total. The molecule has 0 unspecified atom stereocenters. The van der Waals surface area contributed by atoms with E-state index in [2.05, 4.69) is 5.32 Å². The Hall–Kier alpha value is -1.11. The lowest BCUT2D eigenvalue weighted by Gasteiger charge is -2.09. The van der Waals surface area contributed by atoms with Gasteiger partial charge < -0.3 is 10.1 Å². The molecule has 0 spiro atoms. The Labute approximate surface area is 100 Å². The molecule has 1 N–H and O–H groups in total. The third-order valence-electron chi connectivity index (χ3n) is 1.85. The zero-order valence-corrected chi connectivity index (χ0v) is 9.79. The lowest BCUT2D eigenvalue weighted by atomic mass is 10.3. The van der Waals surface area contributed by atoms with Gasteiger partial charge in [-0.3, -0.25) is 0 Å². The van der Waals surface area contributed by atoms with Gasteiger partial charge in [0.25, 0.3) is 0 Å². The van der Waals surface area contributed by atoms with Crippen LogP contribution in [-0.2, 0) is 0 Å². The maximum Gasteiger partial charge on any atom is 0.441 e. The number of benzene rings is 1. The number of anilines is 1. The van der Waals surface area contributed by atoms with E-state index in [0.717, 1.165) is 0 Å². The SMILES string of the molecule is COc1cc(NCCSC(F)(F)F)ccc1F. The van der Waals surface area contributed by atoms with Crippen molar-refractivity contribution in [3.63, 3.8) is 0 Å². The Kier molecular flexibility index (Phi) is 4.92. The van der Waals surface area contributed by atoms with Crippen molar-refractivity contribution in [1.82, 2.24) is 0 Å². The molecular formula is C10H11F4NOS. The minimum Gasteiger partial charge on any atom is -0.494 e. The van der Waals surface area contributed by atoms with E-state index in [4.69, 9.17) is 4.74 Å². The Morgan fingerprint density at radius 3 is 2.65 bits per heavy atom. The predicted molar refractivity (Wildman–Crippen MR) is 60.0 cm³/mol. The summed E-state index contributed by atoms with van der Waals surface area (Å²) in [5.41, 5.74) is -3.70. The van der Waals surface area contributed by atoms with E-state index in [1.165, 1.54) is 25.3 Å². The highest BCUT2D eigenvalue weighted by molar-refractivity contribution is 8.00. The third-order valence-corrected chi connectivity index (χ3v) is 2.58. The molecule has 0 aliphatic heterocycles. The van der Waals surface area contributed by atoms with Crippen molar-refractivity contribution in [3.8, 4) is 5.75 Å². The number of thioether (sulfide) groups is 1. The Bertz CT molecular complexity index is 370. The van der Waals surface area contributed by atoms with Crippen LogP contribution in [-0.4, -0.2) is 24.9 Å². The number of methoxy groups -OCH3 is 1. The predicted octanol–water partition coefficient (Wildman–Crippen LogP) is 3.50. The summed E-state index contributed by atoms with van der Waals surface area (Å²) >= 11 is -0.102. The van der Waals surface area contributed by atoms with Crippen LogP contribution in [0.4, 0.5) is 23.2 Å². The molecule has 17 heavy (non-hydrogen) atoms. The summed E-state index contributed by atoms with van der Waals surface area (Å²) in [4.78, 5) is 0. The van der Waals surface area contributed by atoms with E-state index in [1.54, 1.807) is 0 Å². The number of ether oxygens (including phenoxy) is 1. The second kappa shape index (κ2) is 6.00. The largest absolute Gasteiger partial charge is 0.494 e. The minimum absolute atomic E-state index is 0.0541. The van der Waals surface area contributed by atoms with Crippen molar-refractivity contribution in [2.75, 3.05) is 24.7 Å². The fourth-order valence-electron chi connectivity index (χ4n) is 1.13. The van der Waals surface area contributed by atoms with Crippen LogP contribution in [0.5, 0.6) is 5.75 Å². The molecule has 7 heteroatoms. The number of hydrogen-bond donors (Lipinski definition) is 1. The van der Waals surface area contributed by atoms with Gasteiger partial charge in [0, 0.05) is 24.1 Å². The van der Waals surface area contributed by atoms with E-state index in [1.807, 2.05) is 0 Å². The highest BCUT2D eigenvalue weighted by Gasteiger charge is 2.27. The van der Waals surface area contributed by atoms with Crippen molar-refractivity contribution in [2.24, 2.45) is 0 Å². The fourth-order valence-corrected chi connectivity index (χ4v) is 1.57. The van der Waals surface area contributed by atoms with Gasteiger partial charge in [0.15, 0.2) is 11.6 Å². The van der Waals surface area contributed by atoms with E-state index < -0.39 is 11.3 Å². The average Bonchev–Trinajstić information content (AvgIpc) is 2.25. The fraction of sp³-hybridized carbons (Fsp3) is 0.400. The van der Waals surface area contributed by atoms with Crippen molar-refractivity contribution in [3.05, 3.63) is 24.0 Å². The molecule has 0 saturated heterocycles. The van der Waals surface area contributed by atoms with Crippen LogP contribution < -0.4 is 10.1 Å². The van der Waals surface area contributed by atoms with E-state index in [9.17, 15) is 17.6 Å². The van der Waals surface area contributed by atoms with Crippen LogP contribution in [0.3, 0.4) is 0 Å². The smallest absolute Gasteiger partial charge is 0.441 e. The number of nitrogens with one attached hydrogen (secondary N) is 1. The second-order valence-corrected chi connectivity index (χ2v) is 4.23. The number of rotatable bonds is 5. The van der Waals surface area contributed by atoms with Gasteiger partial charge in [0.05, 0.1) is 7.11 Å². The van der Waals surface area contributed by atoms with Crippen LogP contribution in [0, 0.1) is 5.82 Å². The van der Waals surface area contributed by atoms with Crippen LogP contribution in [0.25, 0.3) is 0 Å². The molecular weight excluding hydrogens is 258 g/mol. The van der Waals surface area contributed by atoms with Crippen molar-refractivity contribution < 1.29 is 22.3 Å². The normalized spacial score (nSPS) is 11.4. The van der Waals surface area contributed by atoms with E-state index in [-0.39, 0.29) is 29.8 Å². The summed E-state index contributed by atoms with van der Waals surface area (Å²) in [7, 11) is 1.32. The van der Waals surface area contributed by atoms with Crippen LogP contribution in [0.2, 0.25) is 0 Å². The number of hydrogen-bond acceptors (Lipinski definition) is 3. The Morgan fingerprint density at radius 2 is 2.06 bits per heavy atom. The number of halogens is 4. The van der Waals surface area contributed by atoms with Crippen LogP contribution >= 0.6 is 11.8 Å². The molecule has 0 heterocycles. The lowest BCUT2D eigenvalue weighted by Crippen LogP contribution is -2.09. The molecule has 0 aliphatic carbocycles. The minimum atomic E-state index is -4.22. The second-order valence-electron chi connectivity index (χ2n) is 3.07. The van der Waals surface area contributed by atoms with Crippen molar-refractivity contribution >= 4 is 17.4 Å². The van der Waals surface area contributed by atoms with Gasteiger partial charge in [0.1, 0.15) is 0 Å². The molecule has 0 saturated carbocycles. The lowest BCUT2D eigenvalue weighted by molar-refractivity contribution is -0.0327. The molecule has 1 aromatic rings. The van der Waals surface area contributed by atoms with Gasteiger partial charge in [-0.2, -0.15) is 13.2 Å². The topological polar surface area (TPSA) is 21.3 Å². The third kappa shape index (κ3) is 5.16. The van der Waals surface area contributed by atoms with E-state index in [0.29, 0.717) is 5.69 Å². The highest BCUT2D eigenvalue weighted by Crippen LogP contribution is 2.29. The van der Waals surface area contributed by atoms with Crippen LogP contribution in [0.1, 0.15) is 0 Å². The molecule has 0 bridgehead atoms.